The highest BCUT2D eigenvalue weighted by Gasteiger charge is 2.44. The second kappa shape index (κ2) is 8.59. The number of nitrogens with zero attached hydrogens (tertiary/aromatic N) is 2. The summed E-state index contributed by atoms with van der Waals surface area (Å²) in [7, 11) is 4.16. The Morgan fingerprint density at radius 2 is 2.04 bits per heavy atom. The van der Waals surface area contributed by atoms with Gasteiger partial charge in [-0.05, 0) is 44.8 Å². The molecule has 2 atom stereocenters. The molecule has 1 saturated heterocycles. The monoisotopic (exact) mass is 360 g/mol. The summed E-state index contributed by atoms with van der Waals surface area (Å²) < 4.78 is 0.165. The fraction of sp³-hybridized carbons (Fsp3) is 0.667. The molecule has 0 radical (unpaired) electrons. The van der Waals surface area contributed by atoms with Gasteiger partial charge in [0.25, 0.3) is 0 Å². The van der Waals surface area contributed by atoms with Gasteiger partial charge in [0.05, 0.1) is 0 Å². The first kappa shape index (κ1) is 18.8. The van der Waals surface area contributed by atoms with Crippen LogP contribution in [0.5, 0.6) is 0 Å². The second-order valence-electron chi connectivity index (χ2n) is 7.91. The Hall–Kier alpha value is -1.00. The lowest BCUT2D eigenvalue weighted by atomic mass is 9.73. The van der Waals surface area contributed by atoms with E-state index >= 15 is 0 Å². The van der Waals surface area contributed by atoms with Crippen molar-refractivity contribution < 1.29 is 4.79 Å². The Morgan fingerprint density at radius 3 is 2.80 bits per heavy atom. The van der Waals surface area contributed by atoms with Gasteiger partial charge in [0.1, 0.15) is 0 Å². The molecule has 4 heteroatoms. The molecule has 1 heterocycles. The molecule has 1 amide bonds. The first-order chi connectivity index (χ1) is 12.1. The minimum absolute atomic E-state index is 0.165. The van der Waals surface area contributed by atoms with Crippen LogP contribution in [0.2, 0.25) is 0 Å². The third-order valence-corrected chi connectivity index (χ3v) is 7.49. The SMILES string of the molecule is CN(C)CCN1CCSC2(CCCCC2Cc2ccccc2)CC1=O. The molecule has 0 N–H and O–H groups in total. The molecule has 1 saturated carbocycles. The number of amides is 1. The van der Waals surface area contributed by atoms with Crippen LogP contribution in [0.3, 0.4) is 0 Å². The molecule has 1 spiro atoms. The minimum Gasteiger partial charge on any atom is -0.341 e. The first-order valence-corrected chi connectivity index (χ1v) is 10.7. The number of hydrogen-bond acceptors (Lipinski definition) is 3. The molecule has 0 aromatic heterocycles. The standard InChI is InChI=1S/C21H32N2OS/c1-22(2)12-13-23-14-15-25-21(17-20(23)24)11-7-6-10-19(21)16-18-8-4-3-5-9-18/h3-5,8-9,19H,6-7,10-17H2,1-2H3. The van der Waals surface area contributed by atoms with Gasteiger partial charge in [-0.15, -0.1) is 0 Å². The van der Waals surface area contributed by atoms with Gasteiger partial charge in [-0.2, -0.15) is 11.8 Å². The lowest BCUT2D eigenvalue weighted by Gasteiger charge is -2.43. The van der Waals surface area contributed by atoms with E-state index in [1.807, 2.05) is 0 Å². The molecule has 2 aliphatic rings. The lowest BCUT2D eigenvalue weighted by molar-refractivity contribution is -0.132. The number of rotatable bonds is 5. The van der Waals surface area contributed by atoms with Gasteiger partial charge in [0.2, 0.25) is 5.91 Å². The number of thioether (sulfide) groups is 1. The summed E-state index contributed by atoms with van der Waals surface area (Å²) in [6, 6.07) is 10.9. The van der Waals surface area contributed by atoms with Crippen LogP contribution < -0.4 is 0 Å². The fourth-order valence-corrected chi connectivity index (χ4v) is 6.02. The summed E-state index contributed by atoms with van der Waals surface area (Å²) in [4.78, 5) is 17.3. The smallest absolute Gasteiger partial charge is 0.224 e. The quantitative estimate of drug-likeness (QED) is 0.800. The molecular weight excluding hydrogens is 328 g/mol. The van der Waals surface area contributed by atoms with Gasteiger partial charge in [-0.3, -0.25) is 4.79 Å². The van der Waals surface area contributed by atoms with E-state index in [9.17, 15) is 4.79 Å². The van der Waals surface area contributed by atoms with Gasteiger partial charge in [-0.25, -0.2) is 0 Å². The van der Waals surface area contributed by atoms with Crippen LogP contribution in [0.1, 0.15) is 37.7 Å². The number of hydrogen-bond donors (Lipinski definition) is 0. The largest absolute Gasteiger partial charge is 0.341 e. The van der Waals surface area contributed by atoms with Gasteiger partial charge in [0.15, 0.2) is 0 Å². The van der Waals surface area contributed by atoms with Gasteiger partial charge in [-0.1, -0.05) is 43.2 Å². The van der Waals surface area contributed by atoms with Crippen molar-refractivity contribution in [3.63, 3.8) is 0 Å². The molecule has 2 fully saturated rings. The van der Waals surface area contributed by atoms with Crippen molar-refractivity contribution in [2.75, 3.05) is 39.5 Å². The Kier molecular flexibility index (Phi) is 6.45. The van der Waals surface area contributed by atoms with E-state index in [4.69, 9.17) is 0 Å². The van der Waals surface area contributed by atoms with E-state index in [1.54, 1.807) is 0 Å². The highest BCUT2D eigenvalue weighted by atomic mass is 32.2. The Labute approximate surface area is 157 Å². The highest BCUT2D eigenvalue weighted by Crippen LogP contribution is 2.49. The maximum Gasteiger partial charge on any atom is 0.224 e. The Morgan fingerprint density at radius 1 is 1.24 bits per heavy atom. The van der Waals surface area contributed by atoms with Crippen LogP contribution in [-0.4, -0.2) is 59.9 Å². The number of likely N-dealkylation sites (N-methyl/N-ethyl adjacent to an activating group) is 1. The van der Waals surface area contributed by atoms with Gasteiger partial charge >= 0.3 is 0 Å². The normalized spacial score (nSPS) is 27.7. The molecule has 1 aliphatic carbocycles. The molecule has 25 heavy (non-hydrogen) atoms. The predicted octanol–water partition coefficient (Wildman–Crippen LogP) is 3.69. The van der Waals surface area contributed by atoms with E-state index in [0.29, 0.717) is 11.8 Å². The zero-order valence-electron chi connectivity index (χ0n) is 15.7. The van der Waals surface area contributed by atoms with Gasteiger partial charge < -0.3 is 9.80 Å². The third kappa shape index (κ3) is 4.79. The number of carbonyl (C=O) groups is 1. The second-order valence-corrected chi connectivity index (χ2v) is 9.42. The summed E-state index contributed by atoms with van der Waals surface area (Å²) in [5.41, 5.74) is 1.43. The van der Waals surface area contributed by atoms with E-state index in [1.165, 1.54) is 31.2 Å². The lowest BCUT2D eigenvalue weighted by Crippen LogP contribution is -2.43. The fourth-order valence-electron chi connectivity index (χ4n) is 4.35. The third-order valence-electron chi connectivity index (χ3n) is 5.84. The molecule has 0 bridgehead atoms. The number of benzene rings is 1. The summed E-state index contributed by atoms with van der Waals surface area (Å²) >= 11 is 2.10. The number of carbonyl (C=O) groups excluding carboxylic acids is 1. The molecule has 1 aliphatic heterocycles. The summed E-state index contributed by atoms with van der Waals surface area (Å²) in [5.74, 6) is 2.10. The minimum atomic E-state index is 0.165. The topological polar surface area (TPSA) is 23.6 Å². The average Bonchev–Trinajstić information content (AvgIpc) is 2.75. The van der Waals surface area contributed by atoms with Crippen LogP contribution in [0, 0.1) is 5.92 Å². The molecule has 2 unspecified atom stereocenters. The summed E-state index contributed by atoms with van der Waals surface area (Å²) in [5, 5.41) is 0. The van der Waals surface area contributed by atoms with E-state index in [0.717, 1.165) is 38.2 Å². The molecule has 3 nitrogen and oxygen atoms in total. The maximum absolute atomic E-state index is 13.0. The predicted molar refractivity (Wildman–Crippen MR) is 107 cm³/mol. The van der Waals surface area contributed by atoms with E-state index < -0.39 is 0 Å². The molecule has 138 valence electrons. The Bertz CT molecular complexity index is 562. The average molecular weight is 361 g/mol. The van der Waals surface area contributed by atoms with Crippen molar-refractivity contribution in [1.82, 2.24) is 9.80 Å². The summed E-state index contributed by atoms with van der Waals surface area (Å²) in [6.45, 7) is 2.74. The molecule has 3 rings (SSSR count). The van der Waals surface area contributed by atoms with Crippen molar-refractivity contribution in [2.24, 2.45) is 5.92 Å². The zero-order valence-corrected chi connectivity index (χ0v) is 16.6. The first-order valence-electron chi connectivity index (χ1n) is 9.69. The van der Waals surface area contributed by atoms with Crippen molar-refractivity contribution in [2.45, 2.75) is 43.3 Å². The Balaban J connectivity index is 1.72. The van der Waals surface area contributed by atoms with Crippen LogP contribution in [-0.2, 0) is 11.2 Å². The van der Waals surface area contributed by atoms with Gasteiger partial charge in [0, 0.05) is 36.6 Å². The van der Waals surface area contributed by atoms with E-state index in [2.05, 4.69) is 66.0 Å². The highest BCUT2D eigenvalue weighted by molar-refractivity contribution is 8.00. The van der Waals surface area contributed by atoms with Crippen LogP contribution in [0.4, 0.5) is 0 Å². The molecule has 1 aromatic rings. The molecular formula is C21H32N2OS. The van der Waals surface area contributed by atoms with Crippen LogP contribution in [0.25, 0.3) is 0 Å². The van der Waals surface area contributed by atoms with Crippen molar-refractivity contribution in [1.29, 1.82) is 0 Å². The van der Waals surface area contributed by atoms with Crippen LogP contribution in [0.15, 0.2) is 30.3 Å². The van der Waals surface area contributed by atoms with Crippen molar-refractivity contribution >= 4 is 17.7 Å². The maximum atomic E-state index is 13.0. The van der Waals surface area contributed by atoms with Crippen molar-refractivity contribution in [3.05, 3.63) is 35.9 Å². The molecule has 1 aromatic carbocycles. The summed E-state index contributed by atoms with van der Waals surface area (Å²) in [6.07, 6.45) is 6.94. The van der Waals surface area contributed by atoms with Crippen molar-refractivity contribution in [3.8, 4) is 0 Å². The van der Waals surface area contributed by atoms with Crippen LogP contribution >= 0.6 is 11.8 Å². The van der Waals surface area contributed by atoms with E-state index in [-0.39, 0.29) is 4.75 Å². The zero-order chi connectivity index (χ0) is 17.7.